The second kappa shape index (κ2) is 9.05. The monoisotopic (exact) mass is 390 g/mol. The van der Waals surface area contributed by atoms with Gasteiger partial charge in [-0.25, -0.2) is 0 Å². The van der Waals surface area contributed by atoms with E-state index in [0.29, 0.717) is 31.8 Å². The van der Waals surface area contributed by atoms with Crippen LogP contribution in [0.4, 0.5) is 13.2 Å². The van der Waals surface area contributed by atoms with Gasteiger partial charge in [0.15, 0.2) is 0 Å². The van der Waals surface area contributed by atoms with Crippen molar-refractivity contribution in [3.63, 3.8) is 0 Å². The minimum absolute atomic E-state index is 0.0456. The number of carboxylic acid groups (broad SMARTS) is 1. The van der Waals surface area contributed by atoms with E-state index in [4.69, 9.17) is 9.84 Å². The number of likely N-dealkylation sites (N-methyl/N-ethyl adjacent to an activating group) is 1. The van der Waals surface area contributed by atoms with Gasteiger partial charge in [-0.3, -0.25) is 14.5 Å². The van der Waals surface area contributed by atoms with Gasteiger partial charge < -0.3 is 19.5 Å². The molecule has 0 saturated carbocycles. The number of hydrogen-bond donors (Lipinski definition) is 1. The van der Waals surface area contributed by atoms with Crippen LogP contribution >= 0.6 is 0 Å². The molecule has 27 heavy (non-hydrogen) atoms. The third-order valence-electron chi connectivity index (χ3n) is 3.92. The molecule has 1 heterocycles. The lowest BCUT2D eigenvalue weighted by atomic mass is 10.1. The molecule has 2 rings (SSSR count). The number of carbonyl (C=O) groups is 2. The third kappa shape index (κ3) is 7.43. The standard InChI is InChI=1S/C17H21F3N2O5/c1-21(11-16(24)25)9-14-10-22(6-7-26-14)15(23)8-12-2-4-13(5-3-12)27-17(18,19)20/h2-5,14H,6-11H2,1H3,(H,24,25). The van der Waals surface area contributed by atoms with E-state index in [1.54, 1.807) is 16.8 Å². The SMILES string of the molecule is CN(CC(=O)O)CC1CN(C(=O)Cc2ccc(OC(F)(F)F)cc2)CCO1. The van der Waals surface area contributed by atoms with Gasteiger partial charge in [-0.1, -0.05) is 12.1 Å². The maximum atomic E-state index is 12.4. The van der Waals surface area contributed by atoms with Gasteiger partial charge in [-0.15, -0.1) is 13.2 Å². The van der Waals surface area contributed by atoms with Crippen molar-refractivity contribution in [1.82, 2.24) is 9.80 Å². The molecule has 1 saturated heterocycles. The topological polar surface area (TPSA) is 79.3 Å². The molecule has 1 unspecified atom stereocenters. The van der Waals surface area contributed by atoms with E-state index in [0.717, 1.165) is 0 Å². The molecule has 0 aliphatic carbocycles. The molecule has 1 atom stereocenters. The van der Waals surface area contributed by atoms with Crippen molar-refractivity contribution in [3.8, 4) is 5.75 Å². The lowest BCUT2D eigenvalue weighted by Gasteiger charge is -2.34. The van der Waals surface area contributed by atoms with Crippen molar-refractivity contribution in [1.29, 1.82) is 0 Å². The van der Waals surface area contributed by atoms with Gasteiger partial charge in [0, 0.05) is 19.6 Å². The summed E-state index contributed by atoms with van der Waals surface area (Å²) in [6.45, 7) is 1.33. The molecule has 0 spiro atoms. The first-order chi connectivity index (χ1) is 12.6. The van der Waals surface area contributed by atoms with Gasteiger partial charge in [0.2, 0.25) is 5.91 Å². The molecule has 1 aliphatic rings. The van der Waals surface area contributed by atoms with E-state index in [9.17, 15) is 22.8 Å². The highest BCUT2D eigenvalue weighted by Gasteiger charge is 2.31. The Hall–Kier alpha value is -2.33. The summed E-state index contributed by atoms with van der Waals surface area (Å²) in [5, 5.41) is 8.78. The molecule has 1 aromatic carbocycles. The van der Waals surface area contributed by atoms with Gasteiger partial charge in [0.05, 0.1) is 25.7 Å². The number of aliphatic carboxylic acids is 1. The van der Waals surface area contributed by atoms with Crippen LogP contribution < -0.4 is 4.74 Å². The van der Waals surface area contributed by atoms with Crippen molar-refractivity contribution >= 4 is 11.9 Å². The van der Waals surface area contributed by atoms with Gasteiger partial charge in [-0.05, 0) is 24.7 Å². The van der Waals surface area contributed by atoms with Crippen LogP contribution in [0.15, 0.2) is 24.3 Å². The normalized spacial score (nSPS) is 17.8. The molecule has 7 nitrogen and oxygen atoms in total. The smallest absolute Gasteiger partial charge is 0.480 e. The minimum Gasteiger partial charge on any atom is -0.480 e. The molecule has 1 fully saturated rings. The fraction of sp³-hybridized carbons (Fsp3) is 0.529. The summed E-state index contributed by atoms with van der Waals surface area (Å²) in [7, 11) is 1.66. The highest BCUT2D eigenvalue weighted by atomic mass is 19.4. The first-order valence-electron chi connectivity index (χ1n) is 8.27. The predicted molar refractivity (Wildman–Crippen MR) is 88.3 cm³/mol. The van der Waals surface area contributed by atoms with Crippen LogP contribution in [0.1, 0.15) is 5.56 Å². The molecule has 0 aromatic heterocycles. The number of alkyl halides is 3. The van der Waals surface area contributed by atoms with Crippen LogP contribution in [0.2, 0.25) is 0 Å². The van der Waals surface area contributed by atoms with Gasteiger partial charge >= 0.3 is 12.3 Å². The Morgan fingerprint density at radius 1 is 1.33 bits per heavy atom. The van der Waals surface area contributed by atoms with Crippen LogP contribution in [0.3, 0.4) is 0 Å². The lowest BCUT2D eigenvalue weighted by molar-refractivity contribution is -0.274. The van der Waals surface area contributed by atoms with Crippen molar-refractivity contribution in [2.24, 2.45) is 0 Å². The van der Waals surface area contributed by atoms with Crippen LogP contribution in [-0.4, -0.2) is 79.1 Å². The average Bonchev–Trinajstić information content (AvgIpc) is 2.54. The summed E-state index contributed by atoms with van der Waals surface area (Å²) in [6, 6.07) is 5.16. The van der Waals surface area contributed by atoms with Crippen molar-refractivity contribution in [2.45, 2.75) is 18.9 Å². The highest BCUT2D eigenvalue weighted by Crippen LogP contribution is 2.23. The minimum atomic E-state index is -4.76. The molecule has 1 aromatic rings. The van der Waals surface area contributed by atoms with Gasteiger partial charge in [-0.2, -0.15) is 0 Å². The Labute approximate surface area is 154 Å². The molecular formula is C17H21F3N2O5. The summed E-state index contributed by atoms with van der Waals surface area (Å²) in [6.07, 6.45) is -5.01. The van der Waals surface area contributed by atoms with E-state index < -0.39 is 12.3 Å². The highest BCUT2D eigenvalue weighted by molar-refractivity contribution is 5.79. The molecule has 10 heteroatoms. The third-order valence-corrected chi connectivity index (χ3v) is 3.92. The fourth-order valence-corrected chi connectivity index (χ4v) is 2.79. The van der Waals surface area contributed by atoms with Crippen molar-refractivity contribution in [2.75, 3.05) is 39.8 Å². The lowest BCUT2D eigenvalue weighted by Crippen LogP contribution is -2.50. The predicted octanol–water partition coefficient (Wildman–Crippen LogP) is 1.37. The molecule has 0 bridgehead atoms. The van der Waals surface area contributed by atoms with E-state index in [2.05, 4.69) is 4.74 Å². The van der Waals surface area contributed by atoms with E-state index in [-0.39, 0.29) is 30.7 Å². The number of carbonyl (C=O) groups excluding carboxylic acids is 1. The molecule has 1 N–H and O–H groups in total. The quantitative estimate of drug-likeness (QED) is 0.758. The van der Waals surface area contributed by atoms with Gasteiger partial charge in [0.1, 0.15) is 5.75 Å². The molecule has 1 aliphatic heterocycles. The van der Waals surface area contributed by atoms with E-state index in [1.165, 1.54) is 24.3 Å². The summed E-state index contributed by atoms with van der Waals surface area (Å²) in [5.41, 5.74) is 0.570. The average molecular weight is 390 g/mol. The summed E-state index contributed by atoms with van der Waals surface area (Å²) in [4.78, 5) is 26.4. The number of nitrogens with zero attached hydrogens (tertiary/aromatic N) is 2. The van der Waals surface area contributed by atoms with Crippen LogP contribution in [0, 0.1) is 0 Å². The first-order valence-corrected chi connectivity index (χ1v) is 8.27. The zero-order valence-corrected chi connectivity index (χ0v) is 14.7. The number of hydrogen-bond acceptors (Lipinski definition) is 5. The van der Waals surface area contributed by atoms with Crippen LogP contribution in [-0.2, 0) is 20.7 Å². The van der Waals surface area contributed by atoms with Crippen LogP contribution in [0.25, 0.3) is 0 Å². The summed E-state index contributed by atoms with van der Waals surface area (Å²) in [5.74, 6) is -1.46. The van der Waals surface area contributed by atoms with E-state index in [1.807, 2.05) is 0 Å². The largest absolute Gasteiger partial charge is 0.573 e. The van der Waals surface area contributed by atoms with Gasteiger partial charge in [0.25, 0.3) is 0 Å². The molecule has 1 amide bonds. The Kier molecular flexibility index (Phi) is 7.03. The number of morpholine rings is 1. The first kappa shape index (κ1) is 21.0. The van der Waals surface area contributed by atoms with Crippen molar-refractivity contribution in [3.05, 3.63) is 29.8 Å². The molecular weight excluding hydrogens is 369 g/mol. The summed E-state index contributed by atoms with van der Waals surface area (Å²) >= 11 is 0. The Balaban J connectivity index is 1.86. The number of benzene rings is 1. The Morgan fingerprint density at radius 3 is 2.59 bits per heavy atom. The Morgan fingerprint density at radius 2 is 2.00 bits per heavy atom. The zero-order valence-electron chi connectivity index (χ0n) is 14.7. The van der Waals surface area contributed by atoms with Crippen molar-refractivity contribution < 1.29 is 37.3 Å². The number of ether oxygens (including phenoxy) is 2. The maximum absolute atomic E-state index is 12.4. The number of amides is 1. The fourth-order valence-electron chi connectivity index (χ4n) is 2.79. The second-order valence-corrected chi connectivity index (χ2v) is 6.29. The summed E-state index contributed by atoms with van der Waals surface area (Å²) < 4.78 is 45.9. The second-order valence-electron chi connectivity index (χ2n) is 6.29. The number of carboxylic acids is 1. The maximum Gasteiger partial charge on any atom is 0.573 e. The molecule has 0 radical (unpaired) electrons. The van der Waals surface area contributed by atoms with E-state index >= 15 is 0 Å². The van der Waals surface area contributed by atoms with Crippen LogP contribution in [0.5, 0.6) is 5.75 Å². The zero-order chi connectivity index (χ0) is 20.0. The number of rotatable bonds is 7. The number of halogens is 3. The molecule has 150 valence electrons. The Bertz CT molecular complexity index is 651.